The lowest BCUT2D eigenvalue weighted by atomic mass is 10.00. The predicted octanol–water partition coefficient (Wildman–Crippen LogP) is 0.615. The lowest BCUT2D eigenvalue weighted by molar-refractivity contribution is -0.147. The molecule has 1 unspecified atom stereocenters. The Bertz CT molecular complexity index is 499. The van der Waals surface area contributed by atoms with Gasteiger partial charge in [0, 0.05) is 12.3 Å². The minimum Gasteiger partial charge on any atom is -0.468 e. The summed E-state index contributed by atoms with van der Waals surface area (Å²) < 4.78 is 6.40. The van der Waals surface area contributed by atoms with Crippen LogP contribution in [0.15, 0.2) is 9.95 Å². The van der Waals surface area contributed by atoms with Crippen molar-refractivity contribution in [3.63, 3.8) is 0 Å². The first-order valence-electron chi connectivity index (χ1n) is 6.53. The second-order valence-corrected chi connectivity index (χ2v) is 5.70. The normalized spacial score (nSPS) is 14.0. The van der Waals surface area contributed by atoms with Crippen LogP contribution in [0.5, 0.6) is 0 Å². The van der Waals surface area contributed by atoms with Crippen molar-refractivity contribution in [1.82, 2.24) is 20.1 Å². The van der Waals surface area contributed by atoms with Crippen LogP contribution in [0, 0.1) is 0 Å². The number of esters is 1. The third-order valence-corrected chi connectivity index (χ3v) is 4.17. The third kappa shape index (κ3) is 3.86. The summed E-state index contributed by atoms with van der Waals surface area (Å²) in [6.45, 7) is 4.43. The van der Waals surface area contributed by atoms with Crippen molar-refractivity contribution in [2.24, 2.45) is 0 Å². The number of rotatable bonds is 8. The van der Waals surface area contributed by atoms with Crippen LogP contribution in [0.4, 0.5) is 0 Å². The van der Waals surface area contributed by atoms with Gasteiger partial charge in [0.1, 0.15) is 5.54 Å². The van der Waals surface area contributed by atoms with Gasteiger partial charge in [-0.3, -0.25) is 9.36 Å². The Labute approximate surface area is 122 Å². The van der Waals surface area contributed by atoms with E-state index in [1.807, 2.05) is 6.92 Å². The number of likely N-dealkylation sites (N-methyl/N-ethyl adjacent to an activating group) is 1. The van der Waals surface area contributed by atoms with Crippen LogP contribution in [0.25, 0.3) is 0 Å². The highest BCUT2D eigenvalue weighted by Crippen LogP contribution is 2.20. The maximum atomic E-state index is 11.7. The number of hydrogen-bond acceptors (Lipinski definition) is 6. The van der Waals surface area contributed by atoms with E-state index in [2.05, 4.69) is 15.5 Å². The minimum atomic E-state index is -0.728. The Hall–Kier alpha value is -1.28. The van der Waals surface area contributed by atoms with Gasteiger partial charge in [0.2, 0.25) is 0 Å². The molecule has 8 heteroatoms. The SMILES string of the molecule is CCCn1c(SCCC(C)(NC)C(=O)OC)n[nH]c1=O. The maximum absolute atomic E-state index is 11.7. The fourth-order valence-corrected chi connectivity index (χ4v) is 2.87. The van der Waals surface area contributed by atoms with Crippen LogP contribution in [-0.4, -0.2) is 46.2 Å². The molecule has 0 fully saturated rings. The molecule has 1 atom stereocenters. The monoisotopic (exact) mass is 302 g/mol. The van der Waals surface area contributed by atoms with Crippen molar-refractivity contribution >= 4 is 17.7 Å². The zero-order valence-corrected chi connectivity index (χ0v) is 13.2. The summed E-state index contributed by atoms with van der Waals surface area (Å²) in [7, 11) is 3.10. The van der Waals surface area contributed by atoms with Gasteiger partial charge in [0.15, 0.2) is 5.16 Å². The van der Waals surface area contributed by atoms with Crippen molar-refractivity contribution < 1.29 is 9.53 Å². The number of hydrogen-bond donors (Lipinski definition) is 2. The van der Waals surface area contributed by atoms with Gasteiger partial charge in [0.05, 0.1) is 7.11 Å². The van der Waals surface area contributed by atoms with Gasteiger partial charge in [-0.25, -0.2) is 9.89 Å². The lowest BCUT2D eigenvalue weighted by Crippen LogP contribution is -2.48. The Balaban J connectivity index is 2.64. The number of carbonyl (C=O) groups is 1. The summed E-state index contributed by atoms with van der Waals surface area (Å²) in [4.78, 5) is 23.3. The minimum absolute atomic E-state index is 0.196. The van der Waals surface area contributed by atoms with Crippen LogP contribution in [0.3, 0.4) is 0 Å². The highest BCUT2D eigenvalue weighted by molar-refractivity contribution is 7.99. The van der Waals surface area contributed by atoms with E-state index in [4.69, 9.17) is 4.74 Å². The molecule has 0 amide bonds. The van der Waals surface area contributed by atoms with Gasteiger partial charge in [0.25, 0.3) is 0 Å². The van der Waals surface area contributed by atoms with E-state index < -0.39 is 5.54 Å². The highest BCUT2D eigenvalue weighted by atomic mass is 32.2. The molecule has 0 radical (unpaired) electrons. The average molecular weight is 302 g/mol. The van der Waals surface area contributed by atoms with Crippen LogP contribution in [0.2, 0.25) is 0 Å². The highest BCUT2D eigenvalue weighted by Gasteiger charge is 2.32. The maximum Gasteiger partial charge on any atom is 0.343 e. The Morgan fingerprint density at radius 2 is 2.30 bits per heavy atom. The molecular weight excluding hydrogens is 280 g/mol. The van der Waals surface area contributed by atoms with Crippen LogP contribution < -0.4 is 11.0 Å². The number of methoxy groups -OCH3 is 1. The van der Waals surface area contributed by atoms with E-state index in [0.717, 1.165) is 6.42 Å². The van der Waals surface area contributed by atoms with E-state index >= 15 is 0 Å². The molecule has 0 aromatic carbocycles. The van der Waals surface area contributed by atoms with Gasteiger partial charge in [-0.1, -0.05) is 18.7 Å². The van der Waals surface area contributed by atoms with Crippen molar-refractivity contribution in [3.05, 3.63) is 10.5 Å². The molecule has 0 aliphatic rings. The largest absolute Gasteiger partial charge is 0.468 e. The molecule has 0 bridgehead atoms. The standard InChI is InChI=1S/C12H22N4O3S/c1-5-7-16-10(18)14-15-11(16)20-8-6-12(2,13-3)9(17)19-4/h13H,5-8H2,1-4H3,(H,14,18). The van der Waals surface area contributed by atoms with Crippen LogP contribution in [0.1, 0.15) is 26.7 Å². The fourth-order valence-electron chi connectivity index (χ4n) is 1.74. The topological polar surface area (TPSA) is 89.0 Å². The number of carbonyl (C=O) groups excluding carboxylic acids is 1. The van der Waals surface area contributed by atoms with Gasteiger partial charge in [-0.05, 0) is 26.8 Å². The van der Waals surface area contributed by atoms with Crippen molar-refractivity contribution in [2.75, 3.05) is 19.9 Å². The fraction of sp³-hybridized carbons (Fsp3) is 0.750. The number of nitrogens with one attached hydrogen (secondary N) is 2. The molecule has 1 aromatic rings. The number of aromatic amines is 1. The average Bonchev–Trinajstić information content (AvgIpc) is 2.79. The molecule has 1 aromatic heterocycles. The van der Waals surface area contributed by atoms with E-state index in [1.54, 1.807) is 18.5 Å². The first-order valence-corrected chi connectivity index (χ1v) is 7.52. The molecular formula is C12H22N4O3S. The lowest BCUT2D eigenvalue weighted by Gasteiger charge is -2.25. The van der Waals surface area contributed by atoms with Gasteiger partial charge in [-0.15, -0.1) is 5.10 Å². The summed E-state index contributed by atoms with van der Waals surface area (Å²) in [6.07, 6.45) is 1.44. The third-order valence-electron chi connectivity index (χ3n) is 3.19. The Morgan fingerprint density at radius 1 is 1.60 bits per heavy atom. The number of aromatic nitrogens is 3. The van der Waals surface area contributed by atoms with Crippen LogP contribution in [-0.2, 0) is 16.1 Å². The summed E-state index contributed by atoms with van der Waals surface area (Å²) in [5.41, 5.74) is -0.924. The van der Waals surface area contributed by atoms with Crippen molar-refractivity contribution in [3.8, 4) is 0 Å². The molecule has 7 nitrogen and oxygen atoms in total. The Kier molecular flexibility index (Phi) is 6.28. The molecule has 2 N–H and O–H groups in total. The number of nitrogens with zero attached hydrogens (tertiary/aromatic N) is 2. The quantitative estimate of drug-likeness (QED) is 0.540. The number of ether oxygens (including phenoxy) is 1. The molecule has 0 spiro atoms. The number of H-pyrrole nitrogens is 1. The van der Waals surface area contributed by atoms with Gasteiger partial charge >= 0.3 is 11.7 Å². The molecule has 0 saturated carbocycles. The first kappa shape index (κ1) is 16.8. The van der Waals surface area contributed by atoms with E-state index in [9.17, 15) is 9.59 Å². The molecule has 1 rings (SSSR count). The van der Waals surface area contributed by atoms with E-state index in [-0.39, 0.29) is 11.7 Å². The molecule has 0 aliphatic heterocycles. The van der Waals surface area contributed by atoms with E-state index in [1.165, 1.54) is 18.9 Å². The number of thioether (sulfide) groups is 1. The first-order chi connectivity index (χ1) is 9.48. The summed E-state index contributed by atoms with van der Waals surface area (Å²) >= 11 is 1.45. The summed E-state index contributed by atoms with van der Waals surface area (Å²) in [5, 5.41) is 10.1. The molecule has 114 valence electrons. The summed E-state index contributed by atoms with van der Waals surface area (Å²) in [5.74, 6) is 0.356. The van der Waals surface area contributed by atoms with Crippen molar-refractivity contribution in [1.29, 1.82) is 0 Å². The molecule has 20 heavy (non-hydrogen) atoms. The van der Waals surface area contributed by atoms with Gasteiger partial charge < -0.3 is 10.1 Å². The zero-order chi connectivity index (χ0) is 15.2. The second-order valence-electron chi connectivity index (χ2n) is 4.64. The Morgan fingerprint density at radius 3 is 2.85 bits per heavy atom. The van der Waals surface area contributed by atoms with Gasteiger partial charge in [-0.2, -0.15) is 0 Å². The smallest absolute Gasteiger partial charge is 0.343 e. The molecule has 0 saturated heterocycles. The zero-order valence-electron chi connectivity index (χ0n) is 12.4. The second kappa shape index (κ2) is 7.49. The summed E-state index contributed by atoms with van der Waals surface area (Å²) in [6, 6.07) is 0. The van der Waals surface area contributed by atoms with Crippen LogP contribution >= 0.6 is 11.8 Å². The van der Waals surface area contributed by atoms with Crippen molar-refractivity contribution in [2.45, 2.75) is 43.9 Å². The predicted molar refractivity (Wildman–Crippen MR) is 78.0 cm³/mol. The molecule has 1 heterocycles. The van der Waals surface area contributed by atoms with E-state index in [0.29, 0.717) is 23.9 Å². The molecule has 0 aliphatic carbocycles.